The van der Waals surface area contributed by atoms with Crippen LogP contribution >= 0.6 is 0 Å². The van der Waals surface area contributed by atoms with E-state index in [1.807, 2.05) is 26.0 Å². The second-order valence-electron chi connectivity index (χ2n) is 5.24. The highest BCUT2D eigenvalue weighted by molar-refractivity contribution is 7.90. The Hall–Kier alpha value is -1.16. The average molecular weight is 252 g/mol. The summed E-state index contributed by atoms with van der Waals surface area (Å²) in [6.45, 7) is 3.88. The molecule has 1 saturated carbocycles. The van der Waals surface area contributed by atoms with Crippen molar-refractivity contribution >= 4 is 15.6 Å². The number of ketones is 1. The number of hydrogen-bond acceptors (Lipinski definition) is 3. The summed E-state index contributed by atoms with van der Waals surface area (Å²) in [6.07, 6.45) is 1.75. The van der Waals surface area contributed by atoms with Gasteiger partial charge in [0.25, 0.3) is 0 Å². The molecule has 1 aromatic carbocycles. The van der Waals surface area contributed by atoms with E-state index >= 15 is 0 Å². The van der Waals surface area contributed by atoms with E-state index in [0.29, 0.717) is 11.3 Å². The van der Waals surface area contributed by atoms with Crippen LogP contribution in [0.5, 0.6) is 0 Å². The number of rotatable bonds is 2. The standard InChI is InChI=1S/C13H16O3S/c1-13(2)11(8-12(13)14)9-4-6-10(7-5-9)17(3,15)16/h4-7,11H,8H2,1-3H3. The molecule has 0 heterocycles. The molecule has 0 spiro atoms. The molecule has 1 fully saturated rings. The largest absolute Gasteiger partial charge is 0.299 e. The molecule has 3 nitrogen and oxygen atoms in total. The number of benzene rings is 1. The van der Waals surface area contributed by atoms with Crippen molar-refractivity contribution in [1.29, 1.82) is 0 Å². The van der Waals surface area contributed by atoms with Crippen LogP contribution in [0.1, 0.15) is 31.7 Å². The predicted molar refractivity (Wildman–Crippen MR) is 65.7 cm³/mol. The summed E-state index contributed by atoms with van der Waals surface area (Å²) in [7, 11) is -3.14. The molecule has 0 aliphatic heterocycles. The van der Waals surface area contributed by atoms with E-state index in [1.54, 1.807) is 12.1 Å². The summed E-state index contributed by atoms with van der Waals surface area (Å²) in [5.41, 5.74) is 0.731. The molecule has 1 aliphatic carbocycles. The number of Topliss-reactive ketones (excluding diaryl/α,β-unsaturated/α-hetero) is 1. The Morgan fingerprint density at radius 3 is 2.06 bits per heavy atom. The van der Waals surface area contributed by atoms with E-state index in [0.717, 1.165) is 5.56 Å². The Bertz CT molecular complexity index is 553. The van der Waals surface area contributed by atoms with Crippen molar-refractivity contribution in [2.75, 3.05) is 6.26 Å². The van der Waals surface area contributed by atoms with Gasteiger partial charge in [-0.05, 0) is 17.7 Å². The van der Waals surface area contributed by atoms with Crippen molar-refractivity contribution in [2.24, 2.45) is 5.41 Å². The molecule has 0 radical (unpaired) electrons. The van der Waals surface area contributed by atoms with Crippen LogP contribution in [0.4, 0.5) is 0 Å². The summed E-state index contributed by atoms with van der Waals surface area (Å²) in [5, 5.41) is 0. The van der Waals surface area contributed by atoms with E-state index in [9.17, 15) is 13.2 Å². The lowest BCUT2D eigenvalue weighted by molar-refractivity contribution is -0.137. The molecule has 1 aromatic rings. The zero-order valence-corrected chi connectivity index (χ0v) is 11.0. The number of carbonyl (C=O) groups is 1. The van der Waals surface area contributed by atoms with Crippen LogP contribution < -0.4 is 0 Å². The van der Waals surface area contributed by atoms with Crippen molar-refractivity contribution in [2.45, 2.75) is 31.1 Å². The Morgan fingerprint density at radius 2 is 1.71 bits per heavy atom. The first kappa shape index (κ1) is 12.3. The third kappa shape index (κ3) is 2.02. The SMILES string of the molecule is CC1(C)C(=O)CC1c1ccc(S(C)(=O)=O)cc1. The van der Waals surface area contributed by atoms with Crippen LogP contribution in [0.2, 0.25) is 0 Å². The van der Waals surface area contributed by atoms with Gasteiger partial charge in [0, 0.05) is 24.0 Å². The minimum Gasteiger partial charge on any atom is -0.299 e. The summed E-state index contributed by atoms with van der Waals surface area (Å²) < 4.78 is 22.6. The molecule has 0 saturated heterocycles. The van der Waals surface area contributed by atoms with Gasteiger partial charge in [0.05, 0.1) is 4.90 Å². The fraction of sp³-hybridized carbons (Fsp3) is 0.462. The van der Waals surface area contributed by atoms with Crippen LogP contribution in [0, 0.1) is 5.41 Å². The Balaban J connectivity index is 2.29. The maximum Gasteiger partial charge on any atom is 0.175 e. The molecule has 92 valence electrons. The third-order valence-corrected chi connectivity index (χ3v) is 4.82. The van der Waals surface area contributed by atoms with E-state index in [1.165, 1.54) is 6.26 Å². The second kappa shape index (κ2) is 3.67. The molecule has 0 amide bonds. The van der Waals surface area contributed by atoms with Crippen LogP contribution in [0.15, 0.2) is 29.2 Å². The Labute approximate surface area is 102 Å². The lowest BCUT2D eigenvalue weighted by Gasteiger charge is -2.42. The van der Waals surface area contributed by atoms with Crippen molar-refractivity contribution < 1.29 is 13.2 Å². The molecule has 4 heteroatoms. The summed E-state index contributed by atoms with van der Waals surface area (Å²) in [5.74, 6) is 0.485. The van der Waals surface area contributed by atoms with Gasteiger partial charge in [0.15, 0.2) is 9.84 Å². The first-order valence-corrected chi connectivity index (χ1v) is 7.45. The van der Waals surface area contributed by atoms with Crippen molar-refractivity contribution in [3.63, 3.8) is 0 Å². The number of carbonyl (C=O) groups excluding carboxylic acids is 1. The fourth-order valence-corrected chi connectivity index (χ4v) is 2.88. The zero-order chi connectivity index (χ0) is 12.8. The van der Waals surface area contributed by atoms with Crippen LogP contribution in [0.25, 0.3) is 0 Å². The van der Waals surface area contributed by atoms with E-state index in [2.05, 4.69) is 0 Å². The molecular weight excluding hydrogens is 236 g/mol. The average Bonchev–Trinajstić information content (AvgIpc) is 2.25. The fourth-order valence-electron chi connectivity index (χ4n) is 2.25. The van der Waals surface area contributed by atoms with Crippen LogP contribution in [-0.4, -0.2) is 20.5 Å². The topological polar surface area (TPSA) is 51.2 Å². The van der Waals surface area contributed by atoms with Gasteiger partial charge in [-0.2, -0.15) is 0 Å². The molecular formula is C13H16O3S. The summed E-state index contributed by atoms with van der Waals surface area (Å²) >= 11 is 0. The van der Waals surface area contributed by atoms with Gasteiger partial charge in [0.1, 0.15) is 5.78 Å². The highest BCUT2D eigenvalue weighted by atomic mass is 32.2. The molecule has 1 unspecified atom stereocenters. The van der Waals surface area contributed by atoms with Gasteiger partial charge in [-0.3, -0.25) is 4.79 Å². The second-order valence-corrected chi connectivity index (χ2v) is 7.26. The molecule has 1 aliphatic rings. The number of sulfone groups is 1. The van der Waals surface area contributed by atoms with Crippen LogP contribution in [0.3, 0.4) is 0 Å². The smallest absolute Gasteiger partial charge is 0.175 e. The molecule has 17 heavy (non-hydrogen) atoms. The monoisotopic (exact) mass is 252 g/mol. The van der Waals surface area contributed by atoms with Crippen molar-refractivity contribution in [3.8, 4) is 0 Å². The highest BCUT2D eigenvalue weighted by Gasteiger charge is 2.47. The van der Waals surface area contributed by atoms with Gasteiger partial charge in [0.2, 0.25) is 0 Å². The maximum absolute atomic E-state index is 11.5. The molecule has 2 rings (SSSR count). The van der Waals surface area contributed by atoms with Crippen LogP contribution in [-0.2, 0) is 14.6 Å². The van der Waals surface area contributed by atoms with E-state index in [4.69, 9.17) is 0 Å². The summed E-state index contributed by atoms with van der Waals surface area (Å²) in [6, 6.07) is 6.86. The molecule has 0 aromatic heterocycles. The minimum absolute atomic E-state index is 0.212. The third-order valence-electron chi connectivity index (χ3n) is 3.69. The summed E-state index contributed by atoms with van der Waals surface area (Å²) in [4.78, 5) is 11.8. The van der Waals surface area contributed by atoms with Gasteiger partial charge < -0.3 is 0 Å². The van der Waals surface area contributed by atoms with Gasteiger partial charge >= 0.3 is 0 Å². The quantitative estimate of drug-likeness (QED) is 0.810. The first-order valence-electron chi connectivity index (χ1n) is 5.56. The Morgan fingerprint density at radius 1 is 1.18 bits per heavy atom. The molecule has 1 atom stereocenters. The zero-order valence-electron chi connectivity index (χ0n) is 10.2. The number of hydrogen-bond donors (Lipinski definition) is 0. The van der Waals surface area contributed by atoms with Gasteiger partial charge in [-0.25, -0.2) is 8.42 Å². The molecule has 0 bridgehead atoms. The molecule has 0 N–H and O–H groups in total. The predicted octanol–water partition coefficient (Wildman–Crippen LogP) is 2.17. The van der Waals surface area contributed by atoms with Gasteiger partial charge in [-0.15, -0.1) is 0 Å². The normalized spacial score (nSPS) is 23.2. The highest BCUT2D eigenvalue weighted by Crippen LogP contribution is 2.49. The van der Waals surface area contributed by atoms with Crippen molar-refractivity contribution in [1.82, 2.24) is 0 Å². The first-order chi connectivity index (χ1) is 7.73. The maximum atomic E-state index is 11.5. The minimum atomic E-state index is -3.14. The van der Waals surface area contributed by atoms with E-state index in [-0.39, 0.29) is 17.1 Å². The van der Waals surface area contributed by atoms with E-state index < -0.39 is 9.84 Å². The van der Waals surface area contributed by atoms with Crippen molar-refractivity contribution in [3.05, 3.63) is 29.8 Å². The Kier molecular flexibility index (Phi) is 2.65. The lowest BCUT2D eigenvalue weighted by Crippen LogP contribution is -2.43. The lowest BCUT2D eigenvalue weighted by atomic mass is 9.59. The van der Waals surface area contributed by atoms with Gasteiger partial charge in [-0.1, -0.05) is 26.0 Å².